The van der Waals surface area contributed by atoms with Crippen molar-refractivity contribution in [1.29, 1.82) is 0 Å². The highest BCUT2D eigenvalue weighted by Gasteiger charge is 2.31. The number of hydrogen-bond acceptors (Lipinski definition) is 4. The van der Waals surface area contributed by atoms with Gasteiger partial charge in [-0.2, -0.15) is 0 Å². The van der Waals surface area contributed by atoms with Crippen molar-refractivity contribution in [3.05, 3.63) is 29.8 Å². The summed E-state index contributed by atoms with van der Waals surface area (Å²) in [6.45, 7) is 6.30. The van der Waals surface area contributed by atoms with Crippen LogP contribution in [0.3, 0.4) is 0 Å². The number of likely N-dealkylation sites (tertiary alicyclic amines) is 1. The molecule has 1 atom stereocenters. The third-order valence-corrected chi connectivity index (χ3v) is 5.95. The van der Waals surface area contributed by atoms with Crippen molar-refractivity contribution >= 4 is 5.96 Å². The first kappa shape index (κ1) is 20.9. The van der Waals surface area contributed by atoms with Crippen molar-refractivity contribution in [2.24, 2.45) is 4.99 Å². The van der Waals surface area contributed by atoms with E-state index in [1.165, 1.54) is 18.4 Å². The van der Waals surface area contributed by atoms with Crippen LogP contribution in [0.2, 0.25) is 0 Å². The summed E-state index contributed by atoms with van der Waals surface area (Å²) in [7, 11) is 1.74. The predicted octanol–water partition coefficient (Wildman–Crippen LogP) is 2.69. The van der Waals surface area contributed by atoms with Crippen LogP contribution in [0.15, 0.2) is 29.3 Å². The number of para-hydroxylation sites is 1. The van der Waals surface area contributed by atoms with Crippen LogP contribution < -0.4 is 15.4 Å². The van der Waals surface area contributed by atoms with Crippen molar-refractivity contribution in [2.45, 2.75) is 57.1 Å². The van der Waals surface area contributed by atoms with Crippen molar-refractivity contribution < 1.29 is 9.84 Å². The van der Waals surface area contributed by atoms with Crippen molar-refractivity contribution in [3.8, 4) is 5.75 Å². The lowest BCUT2D eigenvalue weighted by atomic mass is 10.0. The molecule has 0 spiro atoms. The van der Waals surface area contributed by atoms with Crippen molar-refractivity contribution in [3.63, 3.8) is 0 Å². The van der Waals surface area contributed by atoms with E-state index in [0.717, 1.165) is 63.6 Å². The molecule has 1 aliphatic heterocycles. The number of guanidine groups is 1. The lowest BCUT2D eigenvalue weighted by Crippen LogP contribution is -2.43. The maximum Gasteiger partial charge on any atom is 0.191 e. The van der Waals surface area contributed by atoms with E-state index in [2.05, 4.69) is 34.6 Å². The highest BCUT2D eigenvalue weighted by molar-refractivity contribution is 5.79. The largest absolute Gasteiger partial charge is 0.496 e. The first-order chi connectivity index (χ1) is 13.6. The Hall–Kier alpha value is -1.79. The van der Waals surface area contributed by atoms with Gasteiger partial charge in [-0.15, -0.1) is 0 Å². The first-order valence-electron chi connectivity index (χ1n) is 10.8. The molecule has 6 nitrogen and oxygen atoms in total. The molecule has 2 fully saturated rings. The Balaban J connectivity index is 1.71. The Morgan fingerprint density at radius 2 is 1.89 bits per heavy atom. The predicted molar refractivity (Wildman–Crippen MR) is 114 cm³/mol. The third-order valence-electron chi connectivity index (χ3n) is 5.95. The molecule has 0 radical (unpaired) electrons. The zero-order valence-corrected chi connectivity index (χ0v) is 17.4. The van der Waals surface area contributed by atoms with E-state index in [-0.39, 0.29) is 6.04 Å². The molecule has 3 N–H and O–H groups in total. The Morgan fingerprint density at radius 1 is 1.18 bits per heavy atom. The van der Waals surface area contributed by atoms with Gasteiger partial charge in [-0.3, -0.25) is 9.89 Å². The van der Waals surface area contributed by atoms with Gasteiger partial charge >= 0.3 is 0 Å². The molecule has 2 aliphatic rings. The number of nitrogens with one attached hydrogen (secondary N) is 2. The zero-order chi connectivity index (χ0) is 19.8. The fourth-order valence-corrected chi connectivity index (χ4v) is 4.38. The molecule has 3 rings (SSSR count). The summed E-state index contributed by atoms with van der Waals surface area (Å²) < 4.78 is 5.64. The molecule has 1 aromatic rings. The molecule has 6 heteroatoms. The average molecular weight is 389 g/mol. The number of aliphatic hydroxyl groups is 1. The minimum Gasteiger partial charge on any atom is -0.496 e. The van der Waals surface area contributed by atoms with Gasteiger partial charge < -0.3 is 20.5 Å². The van der Waals surface area contributed by atoms with Gasteiger partial charge in [-0.25, -0.2) is 0 Å². The molecule has 1 saturated carbocycles. The second kappa shape index (κ2) is 10.1. The Morgan fingerprint density at radius 3 is 2.57 bits per heavy atom. The molecule has 28 heavy (non-hydrogen) atoms. The Bertz CT molecular complexity index is 637. The summed E-state index contributed by atoms with van der Waals surface area (Å²) in [6.07, 6.45) is 6.39. The molecule has 1 unspecified atom stereocenters. The third kappa shape index (κ3) is 5.39. The van der Waals surface area contributed by atoms with Crippen LogP contribution in [0, 0.1) is 0 Å². The van der Waals surface area contributed by atoms with E-state index in [4.69, 9.17) is 9.73 Å². The monoisotopic (exact) mass is 388 g/mol. The van der Waals surface area contributed by atoms with E-state index in [9.17, 15) is 5.11 Å². The second-order valence-electron chi connectivity index (χ2n) is 8.01. The van der Waals surface area contributed by atoms with Crippen LogP contribution in [0.4, 0.5) is 0 Å². The summed E-state index contributed by atoms with van der Waals surface area (Å²) in [5, 5.41) is 17.5. The van der Waals surface area contributed by atoms with Crippen LogP contribution in [0.25, 0.3) is 0 Å². The molecule has 0 aromatic heterocycles. The summed E-state index contributed by atoms with van der Waals surface area (Å²) in [6, 6.07) is 8.53. The number of benzene rings is 1. The zero-order valence-electron chi connectivity index (χ0n) is 17.4. The normalized spacial score (nSPS) is 20.9. The number of nitrogens with zero attached hydrogens (tertiary/aromatic N) is 2. The molecular weight excluding hydrogens is 352 g/mol. The Labute approximate surface area is 169 Å². The summed E-state index contributed by atoms with van der Waals surface area (Å²) in [5.74, 6) is 1.71. The highest BCUT2D eigenvalue weighted by Crippen LogP contribution is 2.31. The van der Waals surface area contributed by atoms with E-state index < -0.39 is 5.60 Å². The molecule has 1 aliphatic carbocycles. The van der Waals surface area contributed by atoms with Gasteiger partial charge in [0.05, 0.1) is 25.3 Å². The van der Waals surface area contributed by atoms with E-state index in [0.29, 0.717) is 6.54 Å². The Kier molecular flexibility index (Phi) is 7.57. The van der Waals surface area contributed by atoms with Gasteiger partial charge in [-0.05, 0) is 51.8 Å². The number of rotatable bonds is 8. The smallest absolute Gasteiger partial charge is 0.191 e. The van der Waals surface area contributed by atoms with Crippen LogP contribution in [-0.2, 0) is 0 Å². The second-order valence-corrected chi connectivity index (χ2v) is 8.01. The minimum absolute atomic E-state index is 0.233. The van der Waals surface area contributed by atoms with Gasteiger partial charge in [-0.1, -0.05) is 31.0 Å². The molecule has 1 aromatic carbocycles. The van der Waals surface area contributed by atoms with Crippen LogP contribution in [-0.4, -0.2) is 61.4 Å². The highest BCUT2D eigenvalue weighted by atomic mass is 16.5. The summed E-state index contributed by atoms with van der Waals surface area (Å²) in [5.41, 5.74) is 0.587. The van der Waals surface area contributed by atoms with Gasteiger partial charge in [0.1, 0.15) is 5.75 Å². The fourth-order valence-electron chi connectivity index (χ4n) is 4.38. The van der Waals surface area contributed by atoms with Crippen LogP contribution >= 0.6 is 0 Å². The molecule has 0 bridgehead atoms. The molecule has 1 heterocycles. The van der Waals surface area contributed by atoms with Gasteiger partial charge in [0.2, 0.25) is 0 Å². The SMILES string of the molecule is CCNC(=NCC1(O)CCCC1)NCC(c1ccccc1OC)N1CCCC1. The number of ether oxygens (including phenoxy) is 1. The number of hydrogen-bond donors (Lipinski definition) is 3. The van der Waals surface area contributed by atoms with Crippen LogP contribution in [0.5, 0.6) is 5.75 Å². The van der Waals surface area contributed by atoms with Crippen molar-refractivity contribution in [1.82, 2.24) is 15.5 Å². The first-order valence-corrected chi connectivity index (χ1v) is 10.8. The number of methoxy groups -OCH3 is 1. The van der Waals surface area contributed by atoms with Gasteiger partial charge in [0.15, 0.2) is 5.96 Å². The molecule has 1 saturated heterocycles. The standard InChI is InChI=1S/C22H36N4O2/c1-3-23-21(25-17-22(27)12-6-7-13-22)24-16-19(26-14-8-9-15-26)18-10-4-5-11-20(18)28-2/h4-5,10-11,19,27H,3,6-9,12-17H2,1-2H3,(H2,23,24,25). The number of aliphatic imine (C=N–C) groups is 1. The molecular formula is C22H36N4O2. The summed E-state index contributed by atoms with van der Waals surface area (Å²) in [4.78, 5) is 7.22. The topological polar surface area (TPSA) is 69.1 Å². The van der Waals surface area contributed by atoms with Gasteiger partial charge in [0.25, 0.3) is 0 Å². The average Bonchev–Trinajstić information content (AvgIpc) is 3.39. The minimum atomic E-state index is -0.626. The van der Waals surface area contributed by atoms with Crippen molar-refractivity contribution in [2.75, 3.05) is 39.8 Å². The quantitative estimate of drug-likeness (QED) is 0.472. The van der Waals surface area contributed by atoms with E-state index >= 15 is 0 Å². The lowest BCUT2D eigenvalue weighted by Gasteiger charge is -2.30. The van der Waals surface area contributed by atoms with E-state index in [1.54, 1.807) is 7.11 Å². The maximum absolute atomic E-state index is 10.6. The van der Waals surface area contributed by atoms with E-state index in [1.807, 2.05) is 12.1 Å². The molecule has 156 valence electrons. The molecule has 0 amide bonds. The summed E-state index contributed by atoms with van der Waals surface area (Å²) >= 11 is 0. The lowest BCUT2D eigenvalue weighted by molar-refractivity contribution is 0.0574. The maximum atomic E-state index is 10.6. The fraction of sp³-hybridized carbons (Fsp3) is 0.682. The van der Waals surface area contributed by atoms with Gasteiger partial charge in [0, 0.05) is 18.7 Å². The van der Waals surface area contributed by atoms with Crippen LogP contribution in [0.1, 0.15) is 57.1 Å².